The van der Waals surface area contributed by atoms with Crippen LogP contribution in [0.4, 0.5) is 13.2 Å². The number of benzene rings is 1. The normalized spacial score (nSPS) is 12.2. The minimum absolute atomic E-state index is 0.494. The van der Waals surface area contributed by atoms with E-state index in [0.29, 0.717) is 6.07 Å². The Morgan fingerprint density at radius 1 is 1.32 bits per heavy atom. The van der Waals surface area contributed by atoms with E-state index in [-0.39, 0.29) is 0 Å². The number of alkyl halides is 3. The lowest BCUT2D eigenvalue weighted by atomic mass is 10.2. The van der Waals surface area contributed by atoms with Gasteiger partial charge in [-0.25, -0.2) is 13.2 Å². The largest absolute Gasteiger partial charge is 0.506 e. The molecule has 1 aromatic carbocycles. The van der Waals surface area contributed by atoms with Crippen LogP contribution in [0.15, 0.2) is 23.1 Å². The van der Waals surface area contributed by atoms with Gasteiger partial charge in [0.1, 0.15) is 16.2 Å². The molecular weight excluding hydrogens is 293 g/mol. The number of hydrogen-bond acceptors (Lipinski definition) is 6. The van der Waals surface area contributed by atoms with Crippen molar-refractivity contribution >= 4 is 15.8 Å². The van der Waals surface area contributed by atoms with Crippen LogP contribution in [-0.2, 0) is 14.6 Å². The van der Waals surface area contributed by atoms with Gasteiger partial charge in [0.2, 0.25) is 0 Å². The molecule has 0 atom stereocenters. The summed E-state index contributed by atoms with van der Waals surface area (Å²) in [7, 11) is -5.80. The lowest BCUT2D eigenvalue weighted by Crippen LogP contribution is -2.23. The fourth-order valence-electron chi connectivity index (χ4n) is 1.16. The van der Waals surface area contributed by atoms with Crippen molar-refractivity contribution in [2.24, 2.45) is 0 Å². The predicted octanol–water partition coefficient (Wildman–Crippen LogP) is 0.792. The summed E-state index contributed by atoms with van der Waals surface area (Å²) in [4.78, 5) is 9.71. The summed E-state index contributed by atoms with van der Waals surface area (Å²) in [5.74, 6) is -2.75. The van der Waals surface area contributed by atoms with Gasteiger partial charge >= 0.3 is 11.5 Å². The smallest absolute Gasteiger partial charge is 0.502 e. The molecule has 0 amide bonds. The van der Waals surface area contributed by atoms with Gasteiger partial charge < -0.3 is 14.9 Å². The first kappa shape index (κ1) is 15.2. The predicted molar refractivity (Wildman–Crippen MR) is 53.8 cm³/mol. The first-order chi connectivity index (χ1) is 8.63. The zero-order chi connectivity index (χ0) is 14.8. The molecule has 0 saturated heterocycles. The lowest BCUT2D eigenvalue weighted by Gasteiger charge is -2.11. The molecule has 0 aliphatic rings. The monoisotopic (exact) mass is 300 g/mol. The molecule has 106 valence electrons. The van der Waals surface area contributed by atoms with Crippen molar-refractivity contribution < 1.29 is 41.3 Å². The van der Waals surface area contributed by atoms with Crippen LogP contribution in [0.2, 0.25) is 0 Å². The van der Waals surface area contributed by atoms with Crippen molar-refractivity contribution in [3.8, 4) is 5.75 Å². The van der Waals surface area contributed by atoms with E-state index in [9.17, 15) is 31.5 Å². The molecule has 19 heavy (non-hydrogen) atoms. The number of carbonyl (C=O) groups is 1. The molecule has 0 aromatic heterocycles. The van der Waals surface area contributed by atoms with Crippen molar-refractivity contribution in [1.82, 2.24) is 0 Å². The SMILES string of the molecule is O=C(OCO)c1cccc(S(=O)(=O)C(F)(F)F)c1O. The minimum Gasteiger partial charge on any atom is -0.506 e. The Labute approximate surface area is 105 Å². The second-order valence-electron chi connectivity index (χ2n) is 3.16. The number of esters is 1. The van der Waals surface area contributed by atoms with Gasteiger partial charge in [0.25, 0.3) is 9.84 Å². The highest BCUT2D eigenvalue weighted by atomic mass is 32.2. The zero-order valence-corrected chi connectivity index (χ0v) is 9.83. The van der Waals surface area contributed by atoms with Crippen LogP contribution >= 0.6 is 0 Å². The highest BCUT2D eigenvalue weighted by Crippen LogP contribution is 2.36. The van der Waals surface area contributed by atoms with Crippen LogP contribution in [0, 0.1) is 0 Å². The Bertz CT molecular complexity index is 592. The number of para-hydroxylation sites is 1. The van der Waals surface area contributed by atoms with Gasteiger partial charge in [-0.05, 0) is 12.1 Å². The maximum Gasteiger partial charge on any atom is 0.502 e. The Morgan fingerprint density at radius 2 is 1.89 bits per heavy atom. The standard InChI is InChI=1S/C9H7F3O6S/c10-9(11,12)19(16,17)6-3-1-2-5(7(6)14)8(15)18-4-13/h1-3,13-14H,4H2. The van der Waals surface area contributed by atoms with E-state index in [1.165, 1.54) is 0 Å². The van der Waals surface area contributed by atoms with Crippen LogP contribution in [0.25, 0.3) is 0 Å². The Hall–Kier alpha value is -1.81. The van der Waals surface area contributed by atoms with Gasteiger partial charge in [-0.1, -0.05) is 6.07 Å². The molecule has 0 saturated carbocycles. The second-order valence-corrected chi connectivity index (χ2v) is 5.07. The highest BCUT2D eigenvalue weighted by Gasteiger charge is 2.48. The number of phenolic OH excluding ortho intramolecular Hbond substituents is 1. The Balaban J connectivity index is 3.42. The van der Waals surface area contributed by atoms with Gasteiger partial charge in [0, 0.05) is 0 Å². The number of ether oxygens (including phenoxy) is 1. The third-order valence-corrected chi connectivity index (χ3v) is 3.53. The number of aliphatic hydroxyl groups is 1. The van der Waals surface area contributed by atoms with Crippen molar-refractivity contribution in [3.63, 3.8) is 0 Å². The van der Waals surface area contributed by atoms with Gasteiger partial charge in [-0.3, -0.25) is 0 Å². The first-order valence-electron chi connectivity index (χ1n) is 4.54. The number of aliphatic hydroxyl groups excluding tert-OH is 1. The van der Waals surface area contributed by atoms with Crippen LogP contribution in [0.5, 0.6) is 5.75 Å². The number of carbonyl (C=O) groups excluding carboxylic acids is 1. The molecule has 10 heteroatoms. The van der Waals surface area contributed by atoms with E-state index < -0.39 is 44.3 Å². The van der Waals surface area contributed by atoms with Gasteiger partial charge in [-0.15, -0.1) is 0 Å². The van der Waals surface area contributed by atoms with Crippen LogP contribution in [0.3, 0.4) is 0 Å². The van der Waals surface area contributed by atoms with E-state index in [1.807, 2.05) is 0 Å². The average Bonchev–Trinajstić information content (AvgIpc) is 2.27. The van der Waals surface area contributed by atoms with Crippen LogP contribution < -0.4 is 0 Å². The lowest BCUT2D eigenvalue weighted by molar-refractivity contribution is -0.0437. The fourth-order valence-corrected chi connectivity index (χ4v) is 2.04. The molecular formula is C9H7F3O6S. The molecule has 1 rings (SSSR count). The fraction of sp³-hybridized carbons (Fsp3) is 0.222. The highest BCUT2D eigenvalue weighted by molar-refractivity contribution is 7.92. The second kappa shape index (κ2) is 5.05. The molecule has 0 aliphatic carbocycles. The molecule has 0 spiro atoms. The third kappa shape index (κ3) is 2.79. The maximum absolute atomic E-state index is 12.3. The Morgan fingerprint density at radius 3 is 2.37 bits per heavy atom. The topological polar surface area (TPSA) is 101 Å². The van der Waals surface area contributed by atoms with Crippen molar-refractivity contribution in [3.05, 3.63) is 23.8 Å². The summed E-state index contributed by atoms with van der Waals surface area (Å²) in [5, 5.41) is 17.7. The number of sulfone groups is 1. The van der Waals surface area contributed by atoms with Crippen molar-refractivity contribution in [2.75, 3.05) is 6.79 Å². The van der Waals surface area contributed by atoms with E-state index in [0.717, 1.165) is 12.1 Å². The summed E-state index contributed by atoms with van der Waals surface area (Å²) >= 11 is 0. The van der Waals surface area contributed by atoms with Gasteiger partial charge in [-0.2, -0.15) is 13.2 Å². The minimum atomic E-state index is -5.80. The molecule has 0 radical (unpaired) electrons. The summed E-state index contributed by atoms with van der Waals surface area (Å²) in [5.41, 5.74) is -6.43. The van der Waals surface area contributed by atoms with E-state index in [2.05, 4.69) is 4.74 Å². The number of aromatic hydroxyl groups is 1. The molecule has 2 N–H and O–H groups in total. The first-order valence-corrected chi connectivity index (χ1v) is 6.02. The summed E-state index contributed by atoms with van der Waals surface area (Å²) in [6, 6.07) is 2.17. The van der Waals surface area contributed by atoms with Crippen LogP contribution in [-0.4, -0.2) is 36.9 Å². The summed E-state index contributed by atoms with van der Waals surface area (Å²) in [6.45, 7) is -1.07. The summed E-state index contributed by atoms with van der Waals surface area (Å²) in [6.07, 6.45) is 0. The van der Waals surface area contributed by atoms with E-state index >= 15 is 0 Å². The maximum atomic E-state index is 12.3. The van der Waals surface area contributed by atoms with Gasteiger partial charge in [0.05, 0.1) is 0 Å². The zero-order valence-electron chi connectivity index (χ0n) is 9.01. The molecule has 6 nitrogen and oxygen atoms in total. The van der Waals surface area contributed by atoms with Gasteiger partial charge in [0.15, 0.2) is 6.79 Å². The van der Waals surface area contributed by atoms with Crippen molar-refractivity contribution in [1.29, 1.82) is 0 Å². The van der Waals surface area contributed by atoms with E-state index in [1.54, 1.807) is 0 Å². The summed E-state index contributed by atoms with van der Waals surface area (Å²) < 4.78 is 63.3. The number of rotatable bonds is 3. The molecule has 0 heterocycles. The van der Waals surface area contributed by atoms with E-state index in [4.69, 9.17) is 5.11 Å². The molecule has 0 aliphatic heterocycles. The van der Waals surface area contributed by atoms with Crippen LogP contribution in [0.1, 0.15) is 10.4 Å². The number of hydrogen-bond donors (Lipinski definition) is 2. The number of halogens is 3. The molecule has 1 aromatic rings. The molecule has 0 unspecified atom stereocenters. The quantitative estimate of drug-likeness (QED) is 0.632. The number of phenols is 1. The Kier molecular flexibility index (Phi) is 4.06. The molecule has 0 fully saturated rings. The average molecular weight is 300 g/mol. The molecule has 0 bridgehead atoms. The van der Waals surface area contributed by atoms with Crippen molar-refractivity contribution in [2.45, 2.75) is 10.4 Å². The third-order valence-electron chi connectivity index (χ3n) is 2.01.